The zero-order chi connectivity index (χ0) is 56.0. The van der Waals surface area contributed by atoms with Crippen molar-refractivity contribution in [1.82, 2.24) is 0 Å². The highest BCUT2D eigenvalue weighted by molar-refractivity contribution is 7.48. The second-order valence-corrected chi connectivity index (χ2v) is 31.4. The molecule has 0 bridgehead atoms. The topological polar surface area (TPSA) is 74.6 Å². The van der Waals surface area contributed by atoms with E-state index < -0.39 is 26.9 Å². The van der Waals surface area contributed by atoms with Crippen LogP contribution in [0, 0.1) is 0 Å². The molecule has 0 aromatic heterocycles. The standard InChI is InChI=1S/C68H88O4P2/c1-61(2,3)42-27-33-47(51(37-42)65(13,14)15)56-55(41-25-31-46(32-26-41)73(69)70)57(48-34-28-43(62(4,5)6)38-52(48)66(16,17)18)59(50-36-30-45(64(10,11)12)40-54(50)68(22,23)24)60(74(71)72)58(56)49-35-29-44(63(7,8)9)39-53(49)67(19,20)21/h25-40H,1-24H3/p+2. The first-order valence-corrected chi connectivity index (χ1v) is 29.2. The fourth-order valence-corrected chi connectivity index (χ4v) is 11.7. The Kier molecular flexibility index (Phi) is 15.7. The molecule has 0 aliphatic carbocycles. The smallest absolute Gasteiger partial charge is 0.156 e. The van der Waals surface area contributed by atoms with E-state index in [0.29, 0.717) is 10.6 Å². The summed E-state index contributed by atoms with van der Waals surface area (Å²) in [5.74, 6) is 0. The van der Waals surface area contributed by atoms with Crippen LogP contribution in [0.5, 0.6) is 0 Å². The number of hydrogen-bond donors (Lipinski definition) is 2. The highest BCUT2D eigenvalue weighted by atomic mass is 31.1. The second-order valence-electron chi connectivity index (χ2n) is 29.4. The first-order valence-electron chi connectivity index (χ1n) is 26.7. The summed E-state index contributed by atoms with van der Waals surface area (Å²) in [6.07, 6.45) is 0. The number of hydrogen-bond acceptors (Lipinski definition) is 2. The predicted molar refractivity (Wildman–Crippen MR) is 322 cm³/mol. The van der Waals surface area contributed by atoms with Crippen LogP contribution in [-0.2, 0) is 52.5 Å². The highest BCUT2D eigenvalue weighted by Crippen LogP contribution is 2.57. The minimum Gasteiger partial charge on any atom is -0.156 e. The monoisotopic (exact) mass is 1030 g/mol. The molecule has 0 spiro atoms. The quantitative estimate of drug-likeness (QED) is 0.156. The zero-order valence-corrected chi connectivity index (χ0v) is 51.6. The van der Waals surface area contributed by atoms with Gasteiger partial charge in [-0.1, -0.05) is 239 Å². The van der Waals surface area contributed by atoms with Gasteiger partial charge in [-0.05, 0) is 155 Å². The number of benzene rings is 6. The van der Waals surface area contributed by atoms with Crippen molar-refractivity contribution in [3.63, 3.8) is 0 Å². The Balaban J connectivity index is 2.21. The fourth-order valence-electron chi connectivity index (χ4n) is 10.4. The molecule has 4 nitrogen and oxygen atoms in total. The van der Waals surface area contributed by atoms with Crippen LogP contribution in [0.1, 0.15) is 211 Å². The van der Waals surface area contributed by atoms with Crippen LogP contribution in [0.4, 0.5) is 0 Å². The van der Waals surface area contributed by atoms with Crippen LogP contribution in [0.3, 0.4) is 0 Å². The van der Waals surface area contributed by atoms with Crippen LogP contribution in [0.25, 0.3) is 55.6 Å². The Morgan fingerprint density at radius 2 is 0.527 bits per heavy atom. The molecule has 0 amide bonds. The van der Waals surface area contributed by atoms with Crippen molar-refractivity contribution in [2.24, 2.45) is 0 Å². The van der Waals surface area contributed by atoms with Crippen molar-refractivity contribution in [2.45, 2.75) is 209 Å². The van der Waals surface area contributed by atoms with E-state index >= 15 is 4.57 Å². The Hall–Kier alpha value is -4.56. The SMILES string of the molecule is CC(C)(C)c1ccc(-c2c(-c3ccc([P+](=O)O)cc3)c(-c3ccc(C(C)(C)C)cc3C(C)(C)C)c(-c3ccc(C(C)(C)C)cc3C(C)(C)C)c([P+](=O)O)c2-c2ccc(C(C)(C)C)cc2C(C)(C)C)c(C(C)(C)C)c1. The van der Waals surface area contributed by atoms with Gasteiger partial charge in [0.15, 0.2) is 0 Å². The molecule has 0 saturated carbocycles. The van der Waals surface area contributed by atoms with Gasteiger partial charge in [-0.3, -0.25) is 0 Å². The minimum absolute atomic E-state index is 0.170. The third kappa shape index (κ3) is 12.0. The van der Waals surface area contributed by atoms with E-state index in [0.717, 1.165) is 77.9 Å². The Labute approximate surface area is 450 Å². The summed E-state index contributed by atoms with van der Waals surface area (Å²) < 4.78 is 28.6. The molecule has 0 heterocycles. The van der Waals surface area contributed by atoms with Crippen LogP contribution in [0.15, 0.2) is 97.1 Å². The van der Waals surface area contributed by atoms with Gasteiger partial charge in [0.05, 0.1) is 0 Å². The molecule has 0 aliphatic rings. The lowest BCUT2D eigenvalue weighted by atomic mass is 9.69. The van der Waals surface area contributed by atoms with Gasteiger partial charge in [-0.2, -0.15) is 9.79 Å². The van der Waals surface area contributed by atoms with Crippen molar-refractivity contribution in [3.05, 3.63) is 142 Å². The van der Waals surface area contributed by atoms with Crippen LogP contribution in [-0.4, -0.2) is 9.79 Å². The molecule has 0 fully saturated rings. The molecule has 74 heavy (non-hydrogen) atoms. The van der Waals surface area contributed by atoms with Gasteiger partial charge in [-0.15, -0.1) is 0 Å². The molecule has 0 saturated heterocycles. The molecule has 394 valence electrons. The molecule has 2 N–H and O–H groups in total. The molecule has 6 heteroatoms. The molecule has 6 rings (SSSR count). The maximum Gasteiger partial charge on any atom is 0.547 e. The lowest BCUT2D eigenvalue weighted by Crippen LogP contribution is -2.23. The molecular formula is C68H90O4P2+2. The average Bonchev–Trinajstić information content (AvgIpc) is 3.24. The Morgan fingerprint density at radius 3 is 0.730 bits per heavy atom. The van der Waals surface area contributed by atoms with E-state index in [2.05, 4.69) is 239 Å². The van der Waals surface area contributed by atoms with Crippen LogP contribution in [0.2, 0.25) is 0 Å². The van der Waals surface area contributed by atoms with Gasteiger partial charge < -0.3 is 0 Å². The fraction of sp³-hybridized carbons (Fsp3) is 0.471. The summed E-state index contributed by atoms with van der Waals surface area (Å²) >= 11 is 0. The van der Waals surface area contributed by atoms with Crippen LogP contribution < -0.4 is 10.6 Å². The average molecular weight is 1030 g/mol. The third-order valence-corrected chi connectivity index (χ3v) is 16.5. The van der Waals surface area contributed by atoms with E-state index in [1.54, 1.807) is 12.1 Å². The third-order valence-electron chi connectivity index (χ3n) is 14.9. The summed E-state index contributed by atoms with van der Waals surface area (Å²) in [7, 11) is -5.73. The summed E-state index contributed by atoms with van der Waals surface area (Å²) in [6, 6.07) is 34.9. The highest BCUT2D eigenvalue weighted by Gasteiger charge is 2.43. The summed E-state index contributed by atoms with van der Waals surface area (Å²) in [5, 5.41) is 0.726. The zero-order valence-electron chi connectivity index (χ0n) is 49.8. The second kappa shape index (κ2) is 19.8. The largest absolute Gasteiger partial charge is 0.547 e. The van der Waals surface area contributed by atoms with Gasteiger partial charge >= 0.3 is 16.1 Å². The molecule has 6 aromatic carbocycles. The molecule has 6 aromatic rings. The maximum atomic E-state index is 15.7. The van der Waals surface area contributed by atoms with E-state index in [4.69, 9.17) is 0 Å². The van der Waals surface area contributed by atoms with E-state index in [1.807, 2.05) is 12.1 Å². The van der Waals surface area contributed by atoms with Gasteiger partial charge in [0.25, 0.3) is 0 Å². The summed E-state index contributed by atoms with van der Waals surface area (Å²) in [6.45, 7) is 54.0. The lowest BCUT2D eigenvalue weighted by Gasteiger charge is -2.35. The van der Waals surface area contributed by atoms with E-state index in [9.17, 15) is 14.4 Å². The van der Waals surface area contributed by atoms with Crippen molar-refractivity contribution in [2.75, 3.05) is 0 Å². The predicted octanol–water partition coefficient (Wildman–Crippen LogP) is 19.1. The van der Waals surface area contributed by atoms with Crippen molar-refractivity contribution < 1.29 is 18.9 Å². The maximum absolute atomic E-state index is 15.7. The minimum atomic E-state index is -3.10. The first-order chi connectivity index (χ1) is 33.5. The molecule has 0 aliphatic heterocycles. The van der Waals surface area contributed by atoms with E-state index in [-0.39, 0.29) is 32.5 Å². The van der Waals surface area contributed by atoms with Crippen molar-refractivity contribution in [1.29, 1.82) is 0 Å². The normalized spacial score (nSPS) is 13.9. The van der Waals surface area contributed by atoms with Crippen molar-refractivity contribution >= 4 is 26.7 Å². The summed E-state index contributed by atoms with van der Waals surface area (Å²) in [5.41, 5.74) is 15.5. The lowest BCUT2D eigenvalue weighted by molar-refractivity contribution is 0.512. The molecule has 2 unspecified atom stereocenters. The van der Waals surface area contributed by atoms with Gasteiger partial charge in [0, 0.05) is 22.3 Å². The van der Waals surface area contributed by atoms with Gasteiger partial charge in [0.2, 0.25) is 10.6 Å². The molecular weight excluding hydrogens is 943 g/mol. The van der Waals surface area contributed by atoms with Gasteiger partial charge in [-0.25, -0.2) is 0 Å². The van der Waals surface area contributed by atoms with Crippen molar-refractivity contribution in [3.8, 4) is 55.6 Å². The Bertz CT molecular complexity index is 2970. The van der Waals surface area contributed by atoms with E-state index in [1.165, 1.54) is 22.3 Å². The molecule has 2 atom stereocenters. The molecule has 0 radical (unpaired) electrons. The van der Waals surface area contributed by atoms with Crippen LogP contribution >= 0.6 is 16.1 Å². The Morgan fingerprint density at radius 1 is 0.284 bits per heavy atom. The first kappa shape index (κ1) is 58.7. The summed E-state index contributed by atoms with van der Waals surface area (Å²) in [4.78, 5) is 23.5. The van der Waals surface area contributed by atoms with Gasteiger partial charge in [0.1, 0.15) is 0 Å². The number of rotatable bonds is 7.